The lowest BCUT2D eigenvalue weighted by atomic mass is 10.1. The van der Waals surface area contributed by atoms with Gasteiger partial charge in [-0.15, -0.1) is 6.58 Å². The molecule has 4 heteroatoms. The molecule has 3 nitrogen and oxygen atoms in total. The highest BCUT2D eigenvalue weighted by Gasteiger charge is 2.20. The van der Waals surface area contributed by atoms with Gasteiger partial charge in [-0.05, 0) is 57.4 Å². The molecule has 1 aromatic heterocycles. The molecule has 0 spiro atoms. The number of benzene rings is 1. The van der Waals surface area contributed by atoms with E-state index in [1.54, 1.807) is 18.3 Å². The summed E-state index contributed by atoms with van der Waals surface area (Å²) in [5, 5.41) is 0. The van der Waals surface area contributed by atoms with Crippen LogP contribution in [0.3, 0.4) is 0 Å². The Kier molecular flexibility index (Phi) is 4.37. The Balaban J connectivity index is 2.45. The summed E-state index contributed by atoms with van der Waals surface area (Å²) in [7, 11) is -3.53. The maximum Gasteiger partial charge on any atom is 0.267 e. The van der Waals surface area contributed by atoms with Crippen molar-refractivity contribution >= 4 is 10.0 Å². The number of nitrogens with zero attached hydrogens (tertiary/aromatic N) is 1. The predicted molar refractivity (Wildman–Crippen MR) is 86.1 cm³/mol. The van der Waals surface area contributed by atoms with Crippen LogP contribution in [0.15, 0.2) is 53.6 Å². The molecule has 0 fully saturated rings. The summed E-state index contributed by atoms with van der Waals surface area (Å²) in [6.07, 6.45) is 3.10. The Labute approximate surface area is 127 Å². The summed E-state index contributed by atoms with van der Waals surface area (Å²) in [6.45, 7) is 9.72. The zero-order valence-corrected chi connectivity index (χ0v) is 13.6. The van der Waals surface area contributed by atoms with Gasteiger partial charge < -0.3 is 0 Å². The molecule has 2 rings (SSSR count). The van der Waals surface area contributed by atoms with Crippen LogP contribution in [0.25, 0.3) is 0 Å². The van der Waals surface area contributed by atoms with E-state index in [1.165, 1.54) is 3.97 Å². The predicted octanol–water partition coefficient (Wildman–Crippen LogP) is 3.85. The Morgan fingerprint density at radius 2 is 1.76 bits per heavy atom. The van der Waals surface area contributed by atoms with Gasteiger partial charge in [0.25, 0.3) is 10.0 Å². The molecular formula is C17H21NO2S. The first-order valence-corrected chi connectivity index (χ1v) is 8.40. The minimum absolute atomic E-state index is 0.320. The standard InChI is InChI=1S/C17H21NO2S/c1-13(2)5-10-17-15(4)11-12-18(17)21(19,20)16-8-6-14(3)7-9-16/h6-9,11-12H,1,5,10H2,2-4H3. The number of allylic oxidation sites excluding steroid dienone is 1. The minimum Gasteiger partial charge on any atom is -0.246 e. The lowest BCUT2D eigenvalue weighted by Crippen LogP contribution is -2.15. The van der Waals surface area contributed by atoms with Crippen LogP contribution in [0.4, 0.5) is 0 Å². The second-order valence-electron chi connectivity index (χ2n) is 5.52. The van der Waals surface area contributed by atoms with E-state index < -0.39 is 10.0 Å². The van der Waals surface area contributed by atoms with Gasteiger partial charge in [0.2, 0.25) is 0 Å². The van der Waals surface area contributed by atoms with E-state index in [-0.39, 0.29) is 0 Å². The molecule has 0 amide bonds. The summed E-state index contributed by atoms with van der Waals surface area (Å²) < 4.78 is 26.9. The van der Waals surface area contributed by atoms with Gasteiger partial charge in [-0.2, -0.15) is 0 Å². The highest BCUT2D eigenvalue weighted by Crippen LogP contribution is 2.21. The summed E-state index contributed by atoms with van der Waals surface area (Å²) in [4.78, 5) is 0.320. The van der Waals surface area contributed by atoms with Crippen molar-refractivity contribution in [2.75, 3.05) is 0 Å². The van der Waals surface area contributed by atoms with E-state index in [9.17, 15) is 8.42 Å². The Hall–Kier alpha value is -1.81. The van der Waals surface area contributed by atoms with E-state index in [0.717, 1.165) is 28.8 Å². The fourth-order valence-corrected chi connectivity index (χ4v) is 3.68. The first-order chi connectivity index (χ1) is 9.82. The summed E-state index contributed by atoms with van der Waals surface area (Å²) in [5.41, 5.74) is 3.92. The van der Waals surface area contributed by atoms with Crippen molar-refractivity contribution in [1.82, 2.24) is 3.97 Å². The monoisotopic (exact) mass is 303 g/mol. The van der Waals surface area contributed by atoms with E-state index in [1.807, 2.05) is 39.0 Å². The van der Waals surface area contributed by atoms with Gasteiger partial charge >= 0.3 is 0 Å². The van der Waals surface area contributed by atoms with Crippen molar-refractivity contribution in [2.45, 2.75) is 38.5 Å². The number of rotatable bonds is 5. The van der Waals surface area contributed by atoms with Crippen molar-refractivity contribution in [3.05, 3.63) is 65.5 Å². The highest BCUT2D eigenvalue weighted by atomic mass is 32.2. The second-order valence-corrected chi connectivity index (χ2v) is 7.33. The fourth-order valence-electron chi connectivity index (χ4n) is 2.23. The van der Waals surface area contributed by atoms with E-state index >= 15 is 0 Å². The first kappa shape index (κ1) is 15.6. The van der Waals surface area contributed by atoms with Gasteiger partial charge in [0, 0.05) is 11.9 Å². The summed E-state index contributed by atoms with van der Waals surface area (Å²) in [5.74, 6) is 0. The second kappa shape index (κ2) is 5.90. The van der Waals surface area contributed by atoms with E-state index in [4.69, 9.17) is 0 Å². The molecule has 0 saturated heterocycles. The van der Waals surface area contributed by atoms with Gasteiger partial charge in [0.1, 0.15) is 0 Å². The smallest absolute Gasteiger partial charge is 0.246 e. The third-order valence-electron chi connectivity index (χ3n) is 3.55. The largest absolute Gasteiger partial charge is 0.267 e. The molecule has 112 valence electrons. The molecular weight excluding hydrogens is 282 g/mol. The fraction of sp³-hybridized carbons (Fsp3) is 0.294. The van der Waals surface area contributed by atoms with Crippen molar-refractivity contribution < 1.29 is 8.42 Å². The van der Waals surface area contributed by atoms with Crippen LogP contribution in [0.2, 0.25) is 0 Å². The van der Waals surface area contributed by atoms with Crippen LogP contribution >= 0.6 is 0 Å². The number of aromatic nitrogens is 1. The number of aryl methyl sites for hydroxylation is 2. The van der Waals surface area contributed by atoms with E-state index in [2.05, 4.69) is 6.58 Å². The third-order valence-corrected chi connectivity index (χ3v) is 5.28. The van der Waals surface area contributed by atoms with Crippen LogP contribution in [0.5, 0.6) is 0 Å². The topological polar surface area (TPSA) is 39.1 Å². The van der Waals surface area contributed by atoms with Crippen molar-refractivity contribution in [1.29, 1.82) is 0 Å². The Morgan fingerprint density at radius 1 is 1.14 bits per heavy atom. The average molecular weight is 303 g/mol. The van der Waals surface area contributed by atoms with Crippen LogP contribution in [-0.2, 0) is 16.4 Å². The van der Waals surface area contributed by atoms with Crippen molar-refractivity contribution in [2.24, 2.45) is 0 Å². The van der Waals surface area contributed by atoms with Gasteiger partial charge in [0.05, 0.1) is 4.90 Å². The highest BCUT2D eigenvalue weighted by molar-refractivity contribution is 7.90. The Morgan fingerprint density at radius 3 is 2.33 bits per heavy atom. The zero-order valence-electron chi connectivity index (χ0n) is 12.8. The van der Waals surface area contributed by atoms with Gasteiger partial charge in [-0.1, -0.05) is 23.3 Å². The van der Waals surface area contributed by atoms with Crippen LogP contribution in [0.1, 0.15) is 30.2 Å². The Bertz CT molecular complexity index is 753. The minimum atomic E-state index is -3.53. The van der Waals surface area contributed by atoms with E-state index in [0.29, 0.717) is 11.3 Å². The molecule has 1 aromatic carbocycles. The molecule has 0 aliphatic rings. The lowest BCUT2D eigenvalue weighted by molar-refractivity contribution is 0.584. The van der Waals surface area contributed by atoms with Gasteiger partial charge in [-0.25, -0.2) is 12.4 Å². The molecule has 2 aromatic rings. The summed E-state index contributed by atoms with van der Waals surface area (Å²) in [6, 6.07) is 8.79. The van der Waals surface area contributed by atoms with Crippen molar-refractivity contribution in [3.8, 4) is 0 Å². The van der Waals surface area contributed by atoms with Gasteiger partial charge in [0.15, 0.2) is 0 Å². The summed E-state index contributed by atoms with van der Waals surface area (Å²) >= 11 is 0. The SMILES string of the molecule is C=C(C)CCc1c(C)ccn1S(=O)(=O)c1ccc(C)cc1. The normalized spacial score (nSPS) is 11.6. The van der Waals surface area contributed by atoms with Crippen LogP contribution < -0.4 is 0 Å². The first-order valence-electron chi connectivity index (χ1n) is 6.96. The molecule has 0 unspecified atom stereocenters. The third kappa shape index (κ3) is 3.27. The maximum atomic E-state index is 12.8. The molecule has 21 heavy (non-hydrogen) atoms. The molecule has 0 aliphatic heterocycles. The molecule has 0 radical (unpaired) electrons. The molecule has 0 N–H and O–H groups in total. The van der Waals surface area contributed by atoms with Crippen LogP contribution in [0, 0.1) is 13.8 Å². The molecule has 0 saturated carbocycles. The van der Waals surface area contributed by atoms with Crippen LogP contribution in [-0.4, -0.2) is 12.4 Å². The maximum absolute atomic E-state index is 12.8. The molecule has 1 heterocycles. The van der Waals surface area contributed by atoms with Gasteiger partial charge in [-0.3, -0.25) is 0 Å². The number of hydrogen-bond acceptors (Lipinski definition) is 2. The zero-order chi connectivity index (χ0) is 15.6. The molecule has 0 aliphatic carbocycles. The molecule has 0 bridgehead atoms. The van der Waals surface area contributed by atoms with Crippen molar-refractivity contribution in [3.63, 3.8) is 0 Å². The average Bonchev–Trinajstić information content (AvgIpc) is 2.78. The lowest BCUT2D eigenvalue weighted by Gasteiger charge is -2.12. The number of hydrogen-bond donors (Lipinski definition) is 0. The molecule has 0 atom stereocenters. The quantitative estimate of drug-likeness (QED) is 0.787.